The molecular weight excluding hydrogens is 416 g/mol. The molecule has 29 heavy (non-hydrogen) atoms. The average Bonchev–Trinajstić information content (AvgIpc) is 2.72. The highest BCUT2D eigenvalue weighted by atomic mass is 32.2. The van der Waals surface area contributed by atoms with Crippen molar-refractivity contribution in [3.8, 4) is 5.75 Å². The molecule has 0 bridgehead atoms. The summed E-state index contributed by atoms with van der Waals surface area (Å²) < 4.78 is 36.1. The van der Waals surface area contributed by atoms with Gasteiger partial charge < -0.3 is 14.8 Å². The van der Waals surface area contributed by atoms with Crippen molar-refractivity contribution in [2.75, 3.05) is 39.4 Å². The van der Waals surface area contributed by atoms with Crippen molar-refractivity contribution in [1.29, 1.82) is 0 Å². The van der Waals surface area contributed by atoms with Gasteiger partial charge in [-0.15, -0.1) is 11.8 Å². The number of sulfonamides is 1. The SMILES string of the molecule is COC(=O)c1ccc(OC)c(NC(=O)CN(C)S(=O)(=O)c2ccc(SC)cc2)c1. The average molecular weight is 439 g/mol. The Bertz CT molecular complexity index is 990. The highest BCUT2D eigenvalue weighted by Gasteiger charge is 2.23. The largest absolute Gasteiger partial charge is 0.495 e. The van der Waals surface area contributed by atoms with Crippen LogP contribution in [0.3, 0.4) is 0 Å². The molecule has 1 N–H and O–H groups in total. The molecule has 0 spiro atoms. The molecule has 2 aromatic rings. The zero-order valence-corrected chi connectivity index (χ0v) is 18.1. The van der Waals surface area contributed by atoms with Crippen molar-refractivity contribution in [1.82, 2.24) is 4.31 Å². The number of nitrogens with one attached hydrogen (secondary N) is 1. The number of thioether (sulfide) groups is 1. The summed E-state index contributed by atoms with van der Waals surface area (Å²) in [7, 11) is 0.145. The molecule has 8 nitrogen and oxygen atoms in total. The van der Waals surface area contributed by atoms with Gasteiger partial charge in [0, 0.05) is 11.9 Å². The number of carbonyl (C=O) groups is 2. The second-order valence-electron chi connectivity index (χ2n) is 5.89. The van der Waals surface area contributed by atoms with Gasteiger partial charge in [-0.05, 0) is 48.7 Å². The van der Waals surface area contributed by atoms with E-state index in [0.717, 1.165) is 9.20 Å². The topological polar surface area (TPSA) is 102 Å². The van der Waals surface area contributed by atoms with Crippen LogP contribution in [0.1, 0.15) is 10.4 Å². The Hall–Kier alpha value is -2.56. The summed E-state index contributed by atoms with van der Waals surface area (Å²) in [5, 5.41) is 2.57. The highest BCUT2D eigenvalue weighted by molar-refractivity contribution is 7.98. The first-order valence-electron chi connectivity index (χ1n) is 8.39. The number of carbonyl (C=O) groups excluding carboxylic acids is 2. The summed E-state index contributed by atoms with van der Waals surface area (Å²) in [6, 6.07) is 10.8. The minimum Gasteiger partial charge on any atom is -0.495 e. The quantitative estimate of drug-likeness (QED) is 0.499. The van der Waals surface area contributed by atoms with E-state index in [1.54, 1.807) is 12.1 Å². The molecule has 2 aromatic carbocycles. The summed E-state index contributed by atoms with van der Waals surface area (Å²) in [6.07, 6.45) is 1.89. The van der Waals surface area contributed by atoms with Crippen LogP contribution in [-0.2, 0) is 19.6 Å². The third kappa shape index (κ3) is 5.49. The van der Waals surface area contributed by atoms with E-state index in [4.69, 9.17) is 4.74 Å². The summed E-state index contributed by atoms with van der Waals surface area (Å²) in [5.74, 6) is -0.835. The van der Waals surface area contributed by atoms with Gasteiger partial charge >= 0.3 is 5.97 Å². The van der Waals surface area contributed by atoms with Crippen LogP contribution >= 0.6 is 11.8 Å². The number of nitrogens with zero attached hydrogens (tertiary/aromatic N) is 1. The van der Waals surface area contributed by atoms with Gasteiger partial charge in [-0.3, -0.25) is 4.79 Å². The number of methoxy groups -OCH3 is 2. The van der Waals surface area contributed by atoms with Crippen LogP contribution in [0.4, 0.5) is 5.69 Å². The molecule has 0 aliphatic rings. The summed E-state index contributed by atoms with van der Waals surface area (Å²) in [6.45, 7) is -0.418. The zero-order chi connectivity index (χ0) is 21.6. The number of ether oxygens (including phenoxy) is 2. The molecular formula is C19H22N2O6S2. The fraction of sp³-hybridized carbons (Fsp3) is 0.263. The van der Waals surface area contributed by atoms with Crippen molar-refractivity contribution < 1.29 is 27.5 Å². The second-order valence-corrected chi connectivity index (χ2v) is 8.82. The van der Waals surface area contributed by atoms with Crippen molar-refractivity contribution >= 4 is 39.3 Å². The fourth-order valence-electron chi connectivity index (χ4n) is 2.46. The number of likely N-dealkylation sites (N-methyl/N-ethyl adjacent to an activating group) is 1. The third-order valence-electron chi connectivity index (χ3n) is 4.03. The minimum atomic E-state index is -3.83. The molecule has 0 aromatic heterocycles. The van der Waals surface area contributed by atoms with Crippen LogP contribution in [-0.4, -0.2) is 58.7 Å². The number of hydrogen-bond acceptors (Lipinski definition) is 7. The third-order valence-corrected chi connectivity index (χ3v) is 6.59. The lowest BCUT2D eigenvalue weighted by Crippen LogP contribution is -2.35. The first-order chi connectivity index (χ1) is 13.7. The van der Waals surface area contributed by atoms with Gasteiger partial charge in [0.1, 0.15) is 5.75 Å². The molecule has 156 valence electrons. The Morgan fingerprint density at radius 3 is 2.31 bits per heavy atom. The predicted molar refractivity (Wildman–Crippen MR) is 111 cm³/mol. The van der Waals surface area contributed by atoms with Crippen LogP contribution < -0.4 is 10.1 Å². The van der Waals surface area contributed by atoms with Gasteiger partial charge in [0.25, 0.3) is 0 Å². The van der Waals surface area contributed by atoms with Crippen LogP contribution in [0, 0.1) is 0 Å². The molecule has 0 fully saturated rings. The molecule has 0 unspecified atom stereocenters. The number of benzene rings is 2. The molecule has 0 atom stereocenters. The number of amides is 1. The maximum absolute atomic E-state index is 12.7. The van der Waals surface area contributed by atoms with Crippen molar-refractivity contribution in [2.45, 2.75) is 9.79 Å². The summed E-state index contributed by atoms with van der Waals surface area (Å²) in [4.78, 5) is 25.2. The minimum absolute atomic E-state index is 0.0934. The van der Waals surface area contributed by atoms with Crippen LogP contribution in [0.2, 0.25) is 0 Å². The van der Waals surface area contributed by atoms with Gasteiger partial charge in [-0.25, -0.2) is 13.2 Å². The maximum atomic E-state index is 12.7. The lowest BCUT2D eigenvalue weighted by Gasteiger charge is -2.18. The first kappa shape index (κ1) is 22.7. The lowest BCUT2D eigenvalue weighted by atomic mass is 10.2. The smallest absolute Gasteiger partial charge is 0.337 e. The number of rotatable bonds is 8. The van der Waals surface area contributed by atoms with E-state index in [1.165, 1.54) is 63.4 Å². The van der Waals surface area contributed by atoms with E-state index in [2.05, 4.69) is 10.1 Å². The van der Waals surface area contributed by atoms with Crippen LogP contribution in [0.25, 0.3) is 0 Å². The Morgan fingerprint density at radius 1 is 1.10 bits per heavy atom. The normalized spacial score (nSPS) is 11.2. The monoisotopic (exact) mass is 438 g/mol. The maximum Gasteiger partial charge on any atom is 0.337 e. The molecule has 0 aliphatic carbocycles. The van der Waals surface area contributed by atoms with E-state index >= 15 is 0 Å². The number of anilines is 1. The van der Waals surface area contributed by atoms with Crippen molar-refractivity contribution in [2.24, 2.45) is 0 Å². The Labute approximate surface area is 174 Å². The number of esters is 1. The van der Waals surface area contributed by atoms with Gasteiger partial charge in [-0.2, -0.15) is 4.31 Å². The fourth-order valence-corrected chi connectivity index (χ4v) is 3.99. The molecule has 1 amide bonds. The summed E-state index contributed by atoms with van der Waals surface area (Å²) in [5.41, 5.74) is 0.453. The van der Waals surface area contributed by atoms with E-state index in [-0.39, 0.29) is 16.1 Å². The summed E-state index contributed by atoms with van der Waals surface area (Å²) >= 11 is 1.50. The highest BCUT2D eigenvalue weighted by Crippen LogP contribution is 2.26. The molecule has 10 heteroatoms. The van der Waals surface area contributed by atoms with E-state index in [9.17, 15) is 18.0 Å². The van der Waals surface area contributed by atoms with Gasteiger partial charge in [0.05, 0.1) is 36.9 Å². The van der Waals surface area contributed by atoms with Crippen molar-refractivity contribution in [3.05, 3.63) is 48.0 Å². The first-order valence-corrected chi connectivity index (χ1v) is 11.1. The van der Waals surface area contributed by atoms with Crippen LogP contribution in [0.15, 0.2) is 52.3 Å². The van der Waals surface area contributed by atoms with E-state index < -0.39 is 28.4 Å². The Kier molecular flexibility index (Phi) is 7.66. The van der Waals surface area contributed by atoms with Gasteiger partial charge in [0.2, 0.25) is 15.9 Å². The van der Waals surface area contributed by atoms with Gasteiger partial charge in [0.15, 0.2) is 0 Å². The predicted octanol–water partition coefficient (Wildman–Crippen LogP) is 2.46. The Morgan fingerprint density at radius 2 is 1.76 bits per heavy atom. The molecule has 0 heterocycles. The zero-order valence-electron chi connectivity index (χ0n) is 16.5. The molecule has 0 saturated heterocycles. The molecule has 0 saturated carbocycles. The van der Waals surface area contributed by atoms with E-state index in [0.29, 0.717) is 5.75 Å². The molecule has 2 rings (SSSR count). The van der Waals surface area contributed by atoms with E-state index in [1.807, 2.05) is 6.26 Å². The Balaban J connectivity index is 2.16. The lowest BCUT2D eigenvalue weighted by molar-refractivity contribution is -0.116. The van der Waals surface area contributed by atoms with Gasteiger partial charge in [-0.1, -0.05) is 0 Å². The number of hydrogen-bond donors (Lipinski definition) is 1. The second kappa shape index (κ2) is 9.77. The standard InChI is InChI=1S/C19H22N2O6S2/c1-21(29(24,25)15-8-6-14(28-4)7-9-15)12-18(22)20-16-11-13(19(23)27-3)5-10-17(16)26-2/h5-11H,12H2,1-4H3,(H,20,22). The molecule has 0 aliphatic heterocycles. The van der Waals surface area contributed by atoms with Crippen LogP contribution in [0.5, 0.6) is 5.75 Å². The van der Waals surface area contributed by atoms with Crippen molar-refractivity contribution in [3.63, 3.8) is 0 Å². The molecule has 0 radical (unpaired) electrons.